The second-order valence-corrected chi connectivity index (χ2v) is 10.3. The summed E-state index contributed by atoms with van der Waals surface area (Å²) in [5, 5.41) is 2.12. The fourth-order valence-electron chi connectivity index (χ4n) is 4.80. The van der Waals surface area contributed by atoms with Gasteiger partial charge in [-0.05, 0) is 61.2 Å². The fourth-order valence-corrected chi connectivity index (χ4v) is 5.70. The second-order valence-electron chi connectivity index (χ2n) is 9.30. The van der Waals surface area contributed by atoms with Crippen molar-refractivity contribution in [2.24, 2.45) is 0 Å². The molecule has 0 fully saturated rings. The molecule has 190 valence electrons. The van der Waals surface area contributed by atoms with E-state index in [0.717, 1.165) is 17.5 Å². The van der Waals surface area contributed by atoms with E-state index in [2.05, 4.69) is 42.6 Å². The van der Waals surface area contributed by atoms with Crippen LogP contribution in [0.3, 0.4) is 0 Å². The molecule has 0 aliphatic carbocycles. The quantitative estimate of drug-likeness (QED) is 0.328. The molecule has 1 aliphatic heterocycles. The third kappa shape index (κ3) is 6.62. The van der Waals surface area contributed by atoms with Crippen molar-refractivity contribution in [3.05, 3.63) is 93.2 Å². The van der Waals surface area contributed by atoms with Gasteiger partial charge in [0.1, 0.15) is 0 Å². The molecule has 2 amide bonds. The number of amides is 2. The Morgan fingerprint density at radius 1 is 1.08 bits per heavy atom. The summed E-state index contributed by atoms with van der Waals surface area (Å²) in [4.78, 5) is 32.1. The molecular formula is C30H36N2O3S. The number of nitrogens with zero attached hydrogens (tertiary/aromatic N) is 2. The molecule has 0 N–H and O–H groups in total. The summed E-state index contributed by atoms with van der Waals surface area (Å²) < 4.78 is 5.50. The lowest BCUT2D eigenvalue weighted by Gasteiger charge is -2.37. The first kappa shape index (κ1) is 26.1. The van der Waals surface area contributed by atoms with Crippen LogP contribution in [-0.2, 0) is 27.2 Å². The van der Waals surface area contributed by atoms with E-state index in [1.165, 1.54) is 16.0 Å². The van der Waals surface area contributed by atoms with E-state index >= 15 is 0 Å². The van der Waals surface area contributed by atoms with Crippen molar-refractivity contribution in [3.63, 3.8) is 0 Å². The Bertz CT molecular complexity index is 1130. The lowest BCUT2D eigenvalue weighted by atomic mass is 9.92. The minimum Gasteiger partial charge on any atom is -0.382 e. The zero-order chi connectivity index (χ0) is 25.3. The molecule has 0 saturated carbocycles. The van der Waals surface area contributed by atoms with E-state index in [4.69, 9.17) is 4.74 Å². The predicted molar refractivity (Wildman–Crippen MR) is 145 cm³/mol. The number of fused-ring (bicyclic) bond motifs is 1. The molecule has 0 saturated heterocycles. The van der Waals surface area contributed by atoms with Crippen LogP contribution in [0, 0.1) is 6.92 Å². The maximum absolute atomic E-state index is 13.8. The van der Waals surface area contributed by atoms with Crippen LogP contribution in [0.25, 0.3) is 0 Å². The highest BCUT2D eigenvalue weighted by atomic mass is 32.1. The fraction of sp³-hybridized carbons (Fsp3) is 0.400. The summed E-state index contributed by atoms with van der Waals surface area (Å²) in [6.45, 7) is 6.55. The number of carbonyl (C=O) groups excluding carboxylic acids is 2. The van der Waals surface area contributed by atoms with E-state index in [-0.39, 0.29) is 24.4 Å². The Morgan fingerprint density at radius 3 is 2.61 bits per heavy atom. The van der Waals surface area contributed by atoms with Crippen LogP contribution < -0.4 is 0 Å². The Balaban J connectivity index is 1.50. The van der Waals surface area contributed by atoms with Crippen LogP contribution in [0.1, 0.15) is 52.9 Å². The third-order valence-corrected chi connectivity index (χ3v) is 7.75. The lowest BCUT2D eigenvalue weighted by molar-refractivity contribution is -0.142. The SMILES string of the molecule is CCOCCCN(CC(=O)N1CCc2sccc2C1c1ccc(C)cc1)C(=O)CCc1ccccc1. The standard InChI is InChI=1S/C30H36N2O3S/c1-3-35-20-7-18-31(28(33)15-12-24-8-5-4-6-9-24)22-29(34)32-19-16-27-26(17-21-36-27)30(32)25-13-10-23(2)11-14-25/h4-6,8-11,13-14,17,21,30H,3,7,12,15-16,18-20,22H2,1-2H3. The van der Waals surface area contributed by atoms with Gasteiger partial charge in [-0.2, -0.15) is 0 Å². The van der Waals surface area contributed by atoms with Crippen molar-refractivity contribution in [1.29, 1.82) is 0 Å². The van der Waals surface area contributed by atoms with E-state index in [1.807, 2.05) is 42.2 Å². The molecule has 2 aromatic carbocycles. The molecule has 36 heavy (non-hydrogen) atoms. The average Bonchev–Trinajstić information content (AvgIpc) is 3.38. The monoisotopic (exact) mass is 504 g/mol. The largest absolute Gasteiger partial charge is 0.382 e. The minimum absolute atomic E-state index is 0.00176. The van der Waals surface area contributed by atoms with E-state index in [0.29, 0.717) is 45.6 Å². The van der Waals surface area contributed by atoms with E-state index in [9.17, 15) is 9.59 Å². The molecule has 2 heterocycles. The maximum atomic E-state index is 13.8. The molecule has 5 nitrogen and oxygen atoms in total. The topological polar surface area (TPSA) is 49.9 Å². The highest BCUT2D eigenvalue weighted by molar-refractivity contribution is 7.10. The minimum atomic E-state index is -0.113. The molecule has 6 heteroatoms. The van der Waals surface area contributed by atoms with Gasteiger partial charge in [-0.3, -0.25) is 9.59 Å². The van der Waals surface area contributed by atoms with Crippen LogP contribution in [-0.4, -0.2) is 54.5 Å². The number of carbonyl (C=O) groups is 2. The Labute approximate surface area is 218 Å². The normalized spacial score (nSPS) is 14.9. The van der Waals surface area contributed by atoms with Gasteiger partial charge in [0.15, 0.2) is 0 Å². The van der Waals surface area contributed by atoms with Crippen LogP contribution >= 0.6 is 11.3 Å². The van der Waals surface area contributed by atoms with Crippen molar-refractivity contribution in [1.82, 2.24) is 9.80 Å². The van der Waals surface area contributed by atoms with Crippen molar-refractivity contribution in [2.45, 2.75) is 45.6 Å². The number of aryl methyl sites for hydroxylation is 2. The summed E-state index contributed by atoms with van der Waals surface area (Å²) in [6, 6.07) is 20.5. The molecule has 1 unspecified atom stereocenters. The zero-order valence-corrected chi connectivity index (χ0v) is 22.1. The van der Waals surface area contributed by atoms with Crippen LogP contribution in [0.2, 0.25) is 0 Å². The van der Waals surface area contributed by atoms with E-state index in [1.54, 1.807) is 16.2 Å². The maximum Gasteiger partial charge on any atom is 0.242 e. The van der Waals surface area contributed by atoms with Gasteiger partial charge in [0.25, 0.3) is 0 Å². The first-order valence-electron chi connectivity index (χ1n) is 12.9. The van der Waals surface area contributed by atoms with Gasteiger partial charge in [0.2, 0.25) is 11.8 Å². The summed E-state index contributed by atoms with van der Waals surface area (Å²) in [7, 11) is 0. The van der Waals surface area contributed by atoms with E-state index < -0.39 is 0 Å². The number of thiophene rings is 1. The van der Waals surface area contributed by atoms with Crippen LogP contribution in [0.5, 0.6) is 0 Å². The Hall–Kier alpha value is -2.96. The highest BCUT2D eigenvalue weighted by Crippen LogP contribution is 2.38. The van der Waals surface area contributed by atoms with Crippen molar-refractivity contribution >= 4 is 23.2 Å². The molecular weight excluding hydrogens is 468 g/mol. The number of rotatable bonds is 11. The summed E-state index contributed by atoms with van der Waals surface area (Å²) in [5.74, 6) is 0.0192. The van der Waals surface area contributed by atoms with Gasteiger partial charge in [0.05, 0.1) is 12.6 Å². The first-order chi connectivity index (χ1) is 17.6. The summed E-state index contributed by atoms with van der Waals surface area (Å²) in [6.07, 6.45) is 2.63. The number of hydrogen-bond donors (Lipinski definition) is 0. The number of benzene rings is 2. The summed E-state index contributed by atoms with van der Waals surface area (Å²) in [5.41, 5.74) is 4.66. The molecule has 1 aromatic heterocycles. The second kappa shape index (κ2) is 12.8. The first-order valence-corrected chi connectivity index (χ1v) is 13.8. The Morgan fingerprint density at radius 2 is 1.86 bits per heavy atom. The van der Waals surface area contributed by atoms with Gasteiger partial charge in [0, 0.05) is 37.6 Å². The molecule has 0 radical (unpaired) electrons. The molecule has 0 bridgehead atoms. The molecule has 3 aromatic rings. The Kier molecular flexibility index (Phi) is 9.31. The van der Waals surface area contributed by atoms with Crippen molar-refractivity contribution in [3.8, 4) is 0 Å². The predicted octanol–water partition coefficient (Wildman–Crippen LogP) is 5.42. The van der Waals surface area contributed by atoms with Gasteiger partial charge in [-0.1, -0.05) is 60.2 Å². The third-order valence-electron chi connectivity index (χ3n) is 6.75. The lowest BCUT2D eigenvalue weighted by Crippen LogP contribution is -2.47. The van der Waals surface area contributed by atoms with Crippen LogP contribution in [0.4, 0.5) is 0 Å². The summed E-state index contributed by atoms with van der Waals surface area (Å²) >= 11 is 1.76. The van der Waals surface area contributed by atoms with Gasteiger partial charge in [-0.15, -0.1) is 11.3 Å². The van der Waals surface area contributed by atoms with Crippen molar-refractivity contribution < 1.29 is 14.3 Å². The number of hydrogen-bond acceptors (Lipinski definition) is 4. The molecule has 4 rings (SSSR count). The van der Waals surface area contributed by atoms with Gasteiger partial charge < -0.3 is 14.5 Å². The van der Waals surface area contributed by atoms with Crippen molar-refractivity contribution in [2.75, 3.05) is 32.8 Å². The van der Waals surface area contributed by atoms with Gasteiger partial charge >= 0.3 is 0 Å². The molecule has 1 atom stereocenters. The zero-order valence-electron chi connectivity index (χ0n) is 21.3. The average molecular weight is 505 g/mol. The van der Waals surface area contributed by atoms with Crippen LogP contribution in [0.15, 0.2) is 66.0 Å². The number of ether oxygens (including phenoxy) is 1. The molecule has 1 aliphatic rings. The molecule has 0 spiro atoms. The smallest absolute Gasteiger partial charge is 0.242 e. The highest BCUT2D eigenvalue weighted by Gasteiger charge is 2.33. The van der Waals surface area contributed by atoms with Gasteiger partial charge in [-0.25, -0.2) is 0 Å².